The number of benzene rings is 1. The van der Waals surface area contributed by atoms with Gasteiger partial charge in [-0.2, -0.15) is 0 Å². The maximum absolute atomic E-state index is 12.0. The molecule has 1 aromatic heterocycles. The van der Waals surface area contributed by atoms with Crippen LogP contribution in [0.3, 0.4) is 0 Å². The molecule has 1 fully saturated rings. The lowest BCUT2D eigenvalue weighted by Gasteiger charge is -2.06. The van der Waals surface area contributed by atoms with Gasteiger partial charge in [0.25, 0.3) is 0 Å². The van der Waals surface area contributed by atoms with E-state index in [0.29, 0.717) is 17.5 Å². The Kier molecular flexibility index (Phi) is 5.99. The number of carbonyl (C=O) groups is 1. The second kappa shape index (κ2) is 7.76. The summed E-state index contributed by atoms with van der Waals surface area (Å²) in [7, 11) is 1.64. The summed E-state index contributed by atoms with van der Waals surface area (Å²) in [6.45, 7) is 2.11. The molecular weight excluding hydrogens is 322 g/mol. The first-order valence-corrected chi connectivity index (χ1v) is 8.01. The molecule has 2 N–H and O–H groups in total. The summed E-state index contributed by atoms with van der Waals surface area (Å²) < 4.78 is 6.21. The van der Waals surface area contributed by atoms with Crippen LogP contribution in [-0.2, 0) is 4.79 Å². The minimum Gasteiger partial charge on any atom is -0.497 e. The molecule has 1 aliphatic heterocycles. The monoisotopic (exact) mass is 341 g/mol. The zero-order valence-corrected chi connectivity index (χ0v) is 14.1. The molecule has 0 bridgehead atoms. The molecule has 1 amide bonds. The van der Waals surface area contributed by atoms with Crippen LogP contribution in [0, 0.1) is 5.92 Å². The van der Waals surface area contributed by atoms with Crippen molar-refractivity contribution in [2.24, 2.45) is 5.92 Å². The number of hydrogen-bond donors (Lipinski definition) is 2. The third kappa shape index (κ3) is 4.09. The van der Waals surface area contributed by atoms with Crippen molar-refractivity contribution in [3.63, 3.8) is 0 Å². The van der Waals surface area contributed by atoms with E-state index < -0.39 is 0 Å². The molecule has 7 heteroatoms. The van der Waals surface area contributed by atoms with Gasteiger partial charge in [-0.25, -0.2) is 4.98 Å². The van der Waals surface area contributed by atoms with Crippen LogP contribution in [0.1, 0.15) is 19.3 Å². The first-order chi connectivity index (χ1) is 10.2. The van der Waals surface area contributed by atoms with Crippen LogP contribution in [0.25, 0.3) is 10.2 Å². The Balaban J connectivity index is 0.00000176. The lowest BCUT2D eigenvalue weighted by Crippen LogP contribution is -2.14. The molecule has 0 radical (unpaired) electrons. The van der Waals surface area contributed by atoms with Gasteiger partial charge in [-0.05, 0) is 50.0 Å². The molecule has 1 aliphatic rings. The van der Waals surface area contributed by atoms with Gasteiger partial charge in [0.05, 0.1) is 17.3 Å². The van der Waals surface area contributed by atoms with Crippen molar-refractivity contribution >= 4 is 45.0 Å². The van der Waals surface area contributed by atoms with E-state index in [0.717, 1.165) is 35.5 Å². The fourth-order valence-electron chi connectivity index (χ4n) is 2.56. The summed E-state index contributed by atoms with van der Waals surface area (Å²) in [4.78, 5) is 16.4. The number of hydrogen-bond acceptors (Lipinski definition) is 5. The zero-order valence-electron chi connectivity index (χ0n) is 12.4. The number of amides is 1. The molecule has 2 heterocycles. The Morgan fingerprint density at radius 3 is 3.14 bits per heavy atom. The summed E-state index contributed by atoms with van der Waals surface area (Å²) in [5.41, 5.74) is 0.885. The molecule has 120 valence electrons. The highest BCUT2D eigenvalue weighted by molar-refractivity contribution is 7.22. The second-order valence-electron chi connectivity index (χ2n) is 5.30. The van der Waals surface area contributed by atoms with E-state index >= 15 is 0 Å². The van der Waals surface area contributed by atoms with Crippen molar-refractivity contribution in [3.8, 4) is 5.75 Å². The maximum atomic E-state index is 12.0. The molecule has 3 rings (SSSR count). The van der Waals surface area contributed by atoms with Crippen molar-refractivity contribution in [1.82, 2.24) is 10.3 Å². The van der Waals surface area contributed by atoms with Crippen LogP contribution in [-0.4, -0.2) is 31.1 Å². The number of halogens is 1. The topological polar surface area (TPSA) is 63.2 Å². The van der Waals surface area contributed by atoms with Gasteiger partial charge in [0.15, 0.2) is 5.13 Å². The highest BCUT2D eigenvalue weighted by Crippen LogP contribution is 2.29. The first-order valence-electron chi connectivity index (χ1n) is 7.20. The van der Waals surface area contributed by atoms with Gasteiger partial charge in [0.1, 0.15) is 5.75 Å². The van der Waals surface area contributed by atoms with Crippen LogP contribution in [0.15, 0.2) is 18.2 Å². The first kappa shape index (κ1) is 17.0. The van der Waals surface area contributed by atoms with Gasteiger partial charge in [-0.15, -0.1) is 12.4 Å². The fraction of sp³-hybridized carbons (Fsp3) is 0.467. The molecule has 1 atom stereocenters. The van der Waals surface area contributed by atoms with Crippen LogP contribution in [0.2, 0.25) is 0 Å². The minimum atomic E-state index is 0. The maximum Gasteiger partial charge on any atom is 0.226 e. The fourth-order valence-corrected chi connectivity index (χ4v) is 3.47. The molecule has 1 aromatic carbocycles. The Hall–Kier alpha value is -1.37. The number of thiazole rings is 1. The van der Waals surface area contributed by atoms with E-state index in [9.17, 15) is 4.79 Å². The molecule has 0 aliphatic carbocycles. The average Bonchev–Trinajstić information content (AvgIpc) is 3.13. The number of carbonyl (C=O) groups excluding carboxylic acids is 1. The number of aromatic nitrogens is 1. The Bertz CT molecular complexity index is 641. The molecule has 2 aromatic rings. The van der Waals surface area contributed by atoms with Gasteiger partial charge in [0.2, 0.25) is 5.91 Å². The molecule has 0 spiro atoms. The van der Waals surface area contributed by atoms with E-state index in [2.05, 4.69) is 15.6 Å². The van der Waals surface area contributed by atoms with Crippen LogP contribution in [0.4, 0.5) is 5.13 Å². The average molecular weight is 342 g/mol. The molecule has 0 saturated carbocycles. The quantitative estimate of drug-likeness (QED) is 0.877. The van der Waals surface area contributed by atoms with E-state index in [4.69, 9.17) is 4.74 Å². The largest absolute Gasteiger partial charge is 0.497 e. The van der Waals surface area contributed by atoms with E-state index in [1.54, 1.807) is 7.11 Å². The smallest absolute Gasteiger partial charge is 0.226 e. The number of nitrogens with zero attached hydrogens (tertiary/aromatic N) is 1. The Morgan fingerprint density at radius 2 is 2.41 bits per heavy atom. The molecule has 1 unspecified atom stereocenters. The van der Waals surface area contributed by atoms with Crippen LogP contribution in [0.5, 0.6) is 5.75 Å². The minimum absolute atomic E-state index is 0. The predicted octanol–water partition coefficient (Wildman–Crippen LogP) is 3.05. The zero-order chi connectivity index (χ0) is 14.7. The Labute approximate surface area is 139 Å². The lowest BCUT2D eigenvalue weighted by atomic mass is 10.0. The second-order valence-corrected chi connectivity index (χ2v) is 6.33. The molecule has 5 nitrogen and oxygen atoms in total. The van der Waals surface area contributed by atoms with Crippen molar-refractivity contribution in [1.29, 1.82) is 0 Å². The van der Waals surface area contributed by atoms with Crippen molar-refractivity contribution in [2.45, 2.75) is 19.3 Å². The number of ether oxygens (including phenoxy) is 1. The third-order valence-electron chi connectivity index (χ3n) is 3.78. The van der Waals surface area contributed by atoms with Crippen molar-refractivity contribution in [2.75, 3.05) is 25.5 Å². The highest BCUT2D eigenvalue weighted by Gasteiger charge is 2.16. The standard InChI is InChI=1S/C15H19N3O2S.ClH/c1-20-11-3-4-12-13(8-11)21-15(17-12)18-14(19)5-2-10-6-7-16-9-10;/h3-4,8,10,16H,2,5-7,9H2,1H3,(H,17,18,19);1H. The summed E-state index contributed by atoms with van der Waals surface area (Å²) in [6.07, 6.45) is 2.68. The van der Waals surface area contributed by atoms with E-state index in [-0.39, 0.29) is 18.3 Å². The molecule has 1 saturated heterocycles. The van der Waals surface area contributed by atoms with Crippen molar-refractivity contribution < 1.29 is 9.53 Å². The molecular formula is C15H20ClN3O2S. The van der Waals surface area contributed by atoms with Gasteiger partial charge in [0, 0.05) is 6.42 Å². The SMILES string of the molecule is COc1ccc2nc(NC(=O)CCC3CCNC3)sc2c1.Cl. The number of fused-ring (bicyclic) bond motifs is 1. The summed E-state index contributed by atoms with van der Waals surface area (Å²) in [5, 5.41) is 6.88. The molecule has 22 heavy (non-hydrogen) atoms. The van der Waals surface area contributed by atoms with E-state index in [1.807, 2.05) is 18.2 Å². The van der Waals surface area contributed by atoms with Crippen molar-refractivity contribution in [3.05, 3.63) is 18.2 Å². The van der Waals surface area contributed by atoms with Gasteiger partial charge in [-0.3, -0.25) is 4.79 Å². The van der Waals surface area contributed by atoms with Gasteiger partial charge in [-0.1, -0.05) is 11.3 Å². The van der Waals surface area contributed by atoms with Crippen LogP contribution >= 0.6 is 23.7 Å². The summed E-state index contributed by atoms with van der Waals surface area (Å²) in [5.74, 6) is 1.49. The number of methoxy groups -OCH3 is 1. The van der Waals surface area contributed by atoms with Gasteiger partial charge < -0.3 is 15.4 Å². The Morgan fingerprint density at radius 1 is 1.55 bits per heavy atom. The van der Waals surface area contributed by atoms with Crippen LogP contribution < -0.4 is 15.4 Å². The lowest BCUT2D eigenvalue weighted by molar-refractivity contribution is -0.116. The third-order valence-corrected chi connectivity index (χ3v) is 4.72. The number of anilines is 1. The summed E-state index contributed by atoms with van der Waals surface area (Å²) in [6, 6.07) is 5.72. The predicted molar refractivity (Wildman–Crippen MR) is 92.3 cm³/mol. The number of nitrogens with one attached hydrogen (secondary N) is 2. The summed E-state index contributed by atoms with van der Waals surface area (Å²) >= 11 is 1.48. The highest BCUT2D eigenvalue weighted by atomic mass is 35.5. The van der Waals surface area contributed by atoms with Gasteiger partial charge >= 0.3 is 0 Å². The van der Waals surface area contributed by atoms with E-state index in [1.165, 1.54) is 17.8 Å². The normalized spacial score (nSPS) is 17.2. The number of rotatable bonds is 5.